The van der Waals surface area contributed by atoms with Gasteiger partial charge in [-0.05, 0) is 51.1 Å². The first kappa shape index (κ1) is 19.1. The van der Waals surface area contributed by atoms with Gasteiger partial charge in [0.05, 0.1) is 16.1 Å². The number of hydrogen-bond acceptors (Lipinski definition) is 2. The highest BCUT2D eigenvalue weighted by Gasteiger charge is 2.21. The molecule has 3 nitrogen and oxygen atoms in total. The van der Waals surface area contributed by atoms with E-state index in [0.717, 1.165) is 31.5 Å². The van der Waals surface area contributed by atoms with Crippen molar-refractivity contribution >= 4 is 41.5 Å². The summed E-state index contributed by atoms with van der Waals surface area (Å²) in [5.74, 6) is 6.20. The SMILES string of the molecule is CC(C#Cc1ccc(Cl)c(Cl)c1)NC(=O)C1CCNCC1.Cl. The molecule has 0 spiro atoms. The van der Waals surface area contributed by atoms with Crippen molar-refractivity contribution in [3.8, 4) is 11.8 Å². The Morgan fingerprint density at radius 3 is 2.64 bits per heavy atom. The van der Waals surface area contributed by atoms with Crippen molar-refractivity contribution in [1.29, 1.82) is 0 Å². The maximum Gasteiger partial charge on any atom is 0.224 e. The summed E-state index contributed by atoms with van der Waals surface area (Å²) in [6.07, 6.45) is 1.78. The average molecular weight is 362 g/mol. The van der Waals surface area contributed by atoms with Crippen LogP contribution in [0.25, 0.3) is 0 Å². The second kappa shape index (κ2) is 9.27. The number of piperidine rings is 1. The van der Waals surface area contributed by atoms with Crippen LogP contribution in [0.3, 0.4) is 0 Å². The van der Waals surface area contributed by atoms with Gasteiger partial charge in [0.2, 0.25) is 5.91 Å². The molecule has 6 heteroatoms. The molecule has 0 aliphatic carbocycles. The normalized spacial score (nSPS) is 16.0. The number of rotatable bonds is 2. The summed E-state index contributed by atoms with van der Waals surface area (Å²) in [6.45, 7) is 3.69. The smallest absolute Gasteiger partial charge is 0.224 e. The summed E-state index contributed by atoms with van der Waals surface area (Å²) in [5, 5.41) is 7.18. The Balaban J connectivity index is 0.00000242. The highest BCUT2D eigenvalue weighted by molar-refractivity contribution is 6.42. The summed E-state index contributed by atoms with van der Waals surface area (Å²) in [4.78, 5) is 12.1. The zero-order chi connectivity index (χ0) is 15.2. The van der Waals surface area contributed by atoms with Crippen molar-refractivity contribution in [2.24, 2.45) is 5.92 Å². The summed E-state index contributed by atoms with van der Waals surface area (Å²) in [6, 6.07) is 5.05. The van der Waals surface area contributed by atoms with Gasteiger partial charge >= 0.3 is 0 Å². The van der Waals surface area contributed by atoms with E-state index in [-0.39, 0.29) is 30.3 Å². The Hall–Kier alpha value is -0.920. The van der Waals surface area contributed by atoms with E-state index in [2.05, 4.69) is 22.5 Å². The third-order valence-corrected chi connectivity index (χ3v) is 4.16. The van der Waals surface area contributed by atoms with E-state index in [0.29, 0.717) is 10.0 Å². The third kappa shape index (κ3) is 5.70. The highest BCUT2D eigenvalue weighted by Crippen LogP contribution is 2.22. The maximum atomic E-state index is 12.1. The zero-order valence-electron chi connectivity index (χ0n) is 12.3. The number of hydrogen-bond donors (Lipinski definition) is 2. The minimum absolute atomic E-state index is 0. The Kier molecular flexibility index (Phi) is 8.06. The largest absolute Gasteiger partial charge is 0.342 e. The van der Waals surface area contributed by atoms with Crippen molar-refractivity contribution in [2.45, 2.75) is 25.8 Å². The summed E-state index contributed by atoms with van der Waals surface area (Å²) in [7, 11) is 0. The van der Waals surface area contributed by atoms with Gasteiger partial charge < -0.3 is 10.6 Å². The number of carbonyl (C=O) groups excluding carboxylic acids is 1. The molecule has 0 saturated carbocycles. The molecule has 1 heterocycles. The molecule has 1 aromatic rings. The van der Waals surface area contributed by atoms with Crippen LogP contribution >= 0.6 is 35.6 Å². The summed E-state index contributed by atoms with van der Waals surface area (Å²) in [5.41, 5.74) is 0.785. The molecule has 1 atom stereocenters. The first-order valence-corrected chi connectivity index (χ1v) is 7.79. The fourth-order valence-corrected chi connectivity index (χ4v) is 2.51. The van der Waals surface area contributed by atoms with Crippen molar-refractivity contribution in [2.75, 3.05) is 13.1 Å². The third-order valence-electron chi connectivity index (χ3n) is 3.42. The van der Waals surface area contributed by atoms with Gasteiger partial charge in [0, 0.05) is 11.5 Å². The van der Waals surface area contributed by atoms with E-state index < -0.39 is 0 Å². The van der Waals surface area contributed by atoms with Crippen LogP contribution in [0.4, 0.5) is 0 Å². The zero-order valence-corrected chi connectivity index (χ0v) is 14.6. The number of halogens is 3. The van der Waals surface area contributed by atoms with Crippen molar-refractivity contribution in [3.63, 3.8) is 0 Å². The molecular formula is C16H19Cl3N2O. The van der Waals surface area contributed by atoms with Gasteiger partial charge in [-0.15, -0.1) is 12.4 Å². The fourth-order valence-electron chi connectivity index (χ4n) is 2.22. The molecule has 1 aliphatic rings. The Morgan fingerprint density at radius 2 is 2.00 bits per heavy atom. The molecule has 1 aliphatic heterocycles. The number of nitrogens with one attached hydrogen (secondary N) is 2. The van der Waals surface area contributed by atoms with Gasteiger partial charge in [-0.25, -0.2) is 0 Å². The molecule has 1 aromatic carbocycles. The second-order valence-corrected chi connectivity index (χ2v) is 5.97. The lowest BCUT2D eigenvalue weighted by Crippen LogP contribution is -2.41. The molecule has 0 radical (unpaired) electrons. The highest BCUT2D eigenvalue weighted by atomic mass is 35.5. The van der Waals surface area contributed by atoms with Crippen LogP contribution in [0.15, 0.2) is 18.2 Å². The minimum atomic E-state index is -0.193. The molecule has 2 N–H and O–H groups in total. The molecule has 0 aromatic heterocycles. The van der Waals surface area contributed by atoms with Crippen LogP contribution in [-0.2, 0) is 4.79 Å². The minimum Gasteiger partial charge on any atom is -0.342 e. The Morgan fingerprint density at radius 1 is 1.32 bits per heavy atom. The van der Waals surface area contributed by atoms with Gasteiger partial charge in [0.25, 0.3) is 0 Å². The van der Waals surface area contributed by atoms with Crippen LogP contribution < -0.4 is 10.6 Å². The van der Waals surface area contributed by atoms with E-state index in [1.165, 1.54) is 0 Å². The van der Waals surface area contributed by atoms with E-state index in [1.54, 1.807) is 12.1 Å². The standard InChI is InChI=1S/C16H18Cl2N2O.ClH/c1-11(20-16(21)13-6-8-19-9-7-13)2-3-12-4-5-14(17)15(18)10-12;/h4-5,10-11,13,19H,6-9H2,1H3,(H,20,21);1H. The van der Waals surface area contributed by atoms with Crippen LogP contribution in [0.2, 0.25) is 10.0 Å². The molecular weight excluding hydrogens is 343 g/mol. The van der Waals surface area contributed by atoms with Gasteiger partial charge in [0.15, 0.2) is 0 Å². The Labute approximate surface area is 147 Å². The first-order valence-electron chi connectivity index (χ1n) is 7.04. The van der Waals surface area contributed by atoms with Crippen molar-refractivity contribution in [3.05, 3.63) is 33.8 Å². The lowest BCUT2D eigenvalue weighted by atomic mass is 9.97. The van der Waals surface area contributed by atoms with Crippen LogP contribution in [0.1, 0.15) is 25.3 Å². The predicted molar refractivity (Wildman–Crippen MR) is 93.8 cm³/mol. The van der Waals surface area contributed by atoms with Crippen LogP contribution in [0, 0.1) is 17.8 Å². The lowest BCUT2D eigenvalue weighted by molar-refractivity contribution is -0.126. The molecule has 1 amide bonds. The van der Waals surface area contributed by atoms with Gasteiger partial charge in [-0.2, -0.15) is 0 Å². The molecule has 22 heavy (non-hydrogen) atoms. The second-order valence-electron chi connectivity index (χ2n) is 5.15. The van der Waals surface area contributed by atoms with Gasteiger partial charge in [-0.1, -0.05) is 35.0 Å². The van der Waals surface area contributed by atoms with Crippen LogP contribution in [0.5, 0.6) is 0 Å². The predicted octanol–water partition coefficient (Wildman–Crippen LogP) is 3.27. The van der Waals surface area contributed by atoms with E-state index in [4.69, 9.17) is 23.2 Å². The van der Waals surface area contributed by atoms with Crippen molar-refractivity contribution in [1.82, 2.24) is 10.6 Å². The van der Waals surface area contributed by atoms with Gasteiger partial charge in [0.1, 0.15) is 0 Å². The fraction of sp³-hybridized carbons (Fsp3) is 0.438. The summed E-state index contributed by atoms with van der Waals surface area (Å²) < 4.78 is 0. The topological polar surface area (TPSA) is 41.1 Å². The van der Waals surface area contributed by atoms with E-state index in [9.17, 15) is 4.79 Å². The monoisotopic (exact) mass is 360 g/mol. The lowest BCUT2D eigenvalue weighted by Gasteiger charge is -2.22. The molecule has 1 saturated heterocycles. The summed E-state index contributed by atoms with van der Waals surface area (Å²) >= 11 is 11.8. The molecule has 1 fully saturated rings. The molecule has 0 bridgehead atoms. The Bertz CT molecular complexity index is 574. The van der Waals surface area contributed by atoms with E-state index in [1.807, 2.05) is 13.0 Å². The number of amides is 1. The number of carbonyl (C=O) groups is 1. The molecule has 120 valence electrons. The van der Waals surface area contributed by atoms with Gasteiger partial charge in [-0.3, -0.25) is 4.79 Å². The number of benzene rings is 1. The molecule has 2 rings (SSSR count). The molecule has 1 unspecified atom stereocenters. The average Bonchev–Trinajstić information content (AvgIpc) is 2.49. The van der Waals surface area contributed by atoms with Crippen molar-refractivity contribution < 1.29 is 4.79 Å². The quantitative estimate of drug-likeness (QED) is 0.794. The maximum absolute atomic E-state index is 12.1. The van der Waals surface area contributed by atoms with Crippen LogP contribution in [-0.4, -0.2) is 25.0 Å². The first-order chi connectivity index (χ1) is 10.1. The van der Waals surface area contributed by atoms with E-state index >= 15 is 0 Å².